The molecule has 0 bridgehead atoms. The van der Waals surface area contributed by atoms with Crippen molar-refractivity contribution in [2.75, 3.05) is 6.61 Å². The molecule has 2 heteroatoms. The summed E-state index contributed by atoms with van der Waals surface area (Å²) >= 11 is 0. The number of rotatable bonds is 4. The van der Waals surface area contributed by atoms with Crippen LogP contribution in [0.4, 0.5) is 0 Å². The van der Waals surface area contributed by atoms with Crippen molar-refractivity contribution in [2.24, 2.45) is 5.92 Å². The van der Waals surface area contributed by atoms with E-state index in [9.17, 15) is 0 Å². The fourth-order valence-corrected chi connectivity index (χ4v) is 1.55. The van der Waals surface area contributed by atoms with E-state index in [0.717, 1.165) is 6.61 Å². The molecule has 0 aliphatic heterocycles. The molecular formula is C10H21NO. The van der Waals surface area contributed by atoms with Gasteiger partial charge in [0.2, 0.25) is 0 Å². The first-order chi connectivity index (χ1) is 5.79. The van der Waals surface area contributed by atoms with Gasteiger partial charge in [-0.1, -0.05) is 33.1 Å². The highest BCUT2D eigenvalue weighted by Crippen LogP contribution is 2.17. The van der Waals surface area contributed by atoms with Crippen molar-refractivity contribution in [3.8, 4) is 0 Å². The van der Waals surface area contributed by atoms with Crippen molar-refractivity contribution in [3.05, 3.63) is 0 Å². The zero-order valence-electron chi connectivity index (χ0n) is 8.31. The van der Waals surface area contributed by atoms with E-state index in [1.807, 2.05) is 0 Å². The second-order valence-electron chi connectivity index (χ2n) is 4.16. The van der Waals surface area contributed by atoms with Gasteiger partial charge in [-0.15, -0.1) is 0 Å². The molecule has 0 spiro atoms. The molecule has 0 saturated heterocycles. The van der Waals surface area contributed by atoms with Crippen LogP contribution in [0.3, 0.4) is 0 Å². The topological polar surface area (TPSA) is 21.3 Å². The van der Waals surface area contributed by atoms with Crippen LogP contribution >= 0.6 is 0 Å². The molecule has 0 radical (unpaired) electrons. The third kappa shape index (κ3) is 4.07. The molecule has 0 amide bonds. The Bertz CT molecular complexity index is 108. The number of hydrogen-bond donors (Lipinski definition) is 1. The highest BCUT2D eigenvalue weighted by atomic mass is 16.6. The normalized spacial score (nSPS) is 20.2. The standard InChI is InChI=1S/C10H21NO/c1-9(2)8-12-11-10-6-4-3-5-7-10/h9-11H,3-8H2,1-2H3. The van der Waals surface area contributed by atoms with Crippen LogP contribution in [0.1, 0.15) is 46.0 Å². The van der Waals surface area contributed by atoms with E-state index in [4.69, 9.17) is 4.84 Å². The van der Waals surface area contributed by atoms with Gasteiger partial charge in [-0.2, -0.15) is 5.48 Å². The van der Waals surface area contributed by atoms with Crippen LogP contribution in [-0.2, 0) is 4.84 Å². The lowest BCUT2D eigenvalue weighted by atomic mass is 9.96. The molecule has 0 aromatic carbocycles. The summed E-state index contributed by atoms with van der Waals surface area (Å²) in [4.78, 5) is 5.38. The Kier molecular flexibility index (Phi) is 4.62. The summed E-state index contributed by atoms with van der Waals surface area (Å²) in [6.45, 7) is 5.17. The molecule has 1 rings (SSSR count). The average Bonchev–Trinajstić information content (AvgIpc) is 2.05. The molecule has 1 aliphatic carbocycles. The third-order valence-corrected chi connectivity index (χ3v) is 2.27. The van der Waals surface area contributed by atoms with Gasteiger partial charge in [0.25, 0.3) is 0 Å². The van der Waals surface area contributed by atoms with E-state index in [1.54, 1.807) is 0 Å². The van der Waals surface area contributed by atoms with Crippen LogP contribution in [0.2, 0.25) is 0 Å². The molecule has 0 aromatic heterocycles. The summed E-state index contributed by atoms with van der Waals surface area (Å²) in [6.07, 6.45) is 6.71. The van der Waals surface area contributed by atoms with Crippen LogP contribution in [0.25, 0.3) is 0 Å². The summed E-state index contributed by atoms with van der Waals surface area (Å²) in [5, 5.41) is 0. The van der Waals surface area contributed by atoms with Gasteiger partial charge in [-0.25, -0.2) is 0 Å². The summed E-state index contributed by atoms with van der Waals surface area (Å²) in [5.41, 5.74) is 3.15. The predicted molar refractivity (Wildman–Crippen MR) is 50.8 cm³/mol. The molecule has 0 heterocycles. The molecule has 1 saturated carbocycles. The summed E-state index contributed by atoms with van der Waals surface area (Å²) in [7, 11) is 0. The van der Waals surface area contributed by atoms with Crippen molar-refractivity contribution >= 4 is 0 Å². The van der Waals surface area contributed by atoms with E-state index < -0.39 is 0 Å². The minimum absolute atomic E-state index is 0.623. The molecule has 1 fully saturated rings. The van der Waals surface area contributed by atoms with Gasteiger partial charge in [-0.05, 0) is 18.8 Å². The van der Waals surface area contributed by atoms with Gasteiger partial charge in [0, 0.05) is 6.04 Å². The highest BCUT2D eigenvalue weighted by Gasteiger charge is 2.12. The predicted octanol–water partition coefficient (Wildman–Crippen LogP) is 2.50. The van der Waals surface area contributed by atoms with E-state index in [1.165, 1.54) is 32.1 Å². The molecule has 1 aliphatic rings. The Morgan fingerprint density at radius 1 is 1.25 bits per heavy atom. The SMILES string of the molecule is CC(C)CONC1CCCCC1. The summed E-state index contributed by atoms with van der Waals surface area (Å²) in [5.74, 6) is 0.626. The van der Waals surface area contributed by atoms with Crippen molar-refractivity contribution in [2.45, 2.75) is 52.0 Å². The Labute approximate surface area is 75.6 Å². The van der Waals surface area contributed by atoms with Crippen LogP contribution in [-0.4, -0.2) is 12.6 Å². The quantitative estimate of drug-likeness (QED) is 0.656. The molecule has 2 nitrogen and oxygen atoms in total. The zero-order valence-corrected chi connectivity index (χ0v) is 8.31. The van der Waals surface area contributed by atoms with E-state index >= 15 is 0 Å². The maximum Gasteiger partial charge on any atom is 0.0705 e. The number of hydrogen-bond acceptors (Lipinski definition) is 2. The fourth-order valence-electron chi connectivity index (χ4n) is 1.55. The Morgan fingerprint density at radius 2 is 1.92 bits per heavy atom. The fraction of sp³-hybridized carbons (Fsp3) is 1.00. The first-order valence-corrected chi connectivity index (χ1v) is 5.16. The van der Waals surface area contributed by atoms with Crippen LogP contribution in [0, 0.1) is 5.92 Å². The molecule has 0 aromatic rings. The number of hydroxylamine groups is 1. The van der Waals surface area contributed by atoms with Crippen molar-refractivity contribution in [1.29, 1.82) is 0 Å². The van der Waals surface area contributed by atoms with Gasteiger partial charge in [0.05, 0.1) is 6.61 Å². The van der Waals surface area contributed by atoms with Crippen LogP contribution < -0.4 is 5.48 Å². The summed E-state index contributed by atoms with van der Waals surface area (Å²) in [6, 6.07) is 0.623. The van der Waals surface area contributed by atoms with Crippen molar-refractivity contribution < 1.29 is 4.84 Å². The average molecular weight is 171 g/mol. The van der Waals surface area contributed by atoms with Crippen LogP contribution in [0.5, 0.6) is 0 Å². The maximum absolute atomic E-state index is 5.38. The summed E-state index contributed by atoms with van der Waals surface area (Å²) < 4.78 is 0. The van der Waals surface area contributed by atoms with E-state index in [-0.39, 0.29) is 0 Å². The molecule has 0 atom stereocenters. The van der Waals surface area contributed by atoms with Gasteiger partial charge in [-0.3, -0.25) is 0 Å². The zero-order chi connectivity index (χ0) is 8.81. The molecule has 72 valence electrons. The van der Waals surface area contributed by atoms with E-state index in [0.29, 0.717) is 12.0 Å². The molecule has 12 heavy (non-hydrogen) atoms. The van der Waals surface area contributed by atoms with Crippen LogP contribution in [0.15, 0.2) is 0 Å². The lowest BCUT2D eigenvalue weighted by Crippen LogP contribution is -2.32. The smallest absolute Gasteiger partial charge is 0.0705 e. The van der Waals surface area contributed by atoms with Gasteiger partial charge >= 0.3 is 0 Å². The molecule has 0 unspecified atom stereocenters. The van der Waals surface area contributed by atoms with Gasteiger partial charge < -0.3 is 4.84 Å². The third-order valence-electron chi connectivity index (χ3n) is 2.27. The van der Waals surface area contributed by atoms with Crippen molar-refractivity contribution in [3.63, 3.8) is 0 Å². The monoisotopic (exact) mass is 171 g/mol. The lowest BCUT2D eigenvalue weighted by molar-refractivity contribution is -0.00679. The first-order valence-electron chi connectivity index (χ1n) is 5.16. The molecule has 1 N–H and O–H groups in total. The minimum Gasteiger partial charge on any atom is -0.301 e. The Morgan fingerprint density at radius 3 is 2.50 bits per heavy atom. The molecular weight excluding hydrogens is 150 g/mol. The van der Waals surface area contributed by atoms with Gasteiger partial charge in [0.1, 0.15) is 0 Å². The first kappa shape index (κ1) is 10.0. The van der Waals surface area contributed by atoms with Gasteiger partial charge in [0.15, 0.2) is 0 Å². The second-order valence-corrected chi connectivity index (χ2v) is 4.16. The Balaban J connectivity index is 1.98. The van der Waals surface area contributed by atoms with Crippen molar-refractivity contribution in [1.82, 2.24) is 5.48 Å². The maximum atomic E-state index is 5.38. The minimum atomic E-state index is 0.623. The number of nitrogens with one attached hydrogen (secondary N) is 1. The largest absolute Gasteiger partial charge is 0.301 e. The highest BCUT2D eigenvalue weighted by molar-refractivity contribution is 4.67. The van der Waals surface area contributed by atoms with E-state index in [2.05, 4.69) is 19.3 Å². The lowest BCUT2D eigenvalue weighted by Gasteiger charge is -2.22. The Hall–Kier alpha value is -0.0800. The second kappa shape index (κ2) is 5.55.